The standard InChI is InChI=1S/C16H14BrN5O3S/c17-10-5-7-11(8-6-10)19-20-14-9-15(26(23,24)25)12-3-1-2-4-13(12)16(14)21-22-18/h3-9H,1-2H2,(H2,18,21)(H,23,24,25)/b20-19+. The summed E-state index contributed by atoms with van der Waals surface area (Å²) in [5.41, 5.74) is 0.997. The van der Waals surface area contributed by atoms with E-state index in [2.05, 4.69) is 36.5 Å². The molecule has 0 radical (unpaired) electrons. The molecule has 0 unspecified atom stereocenters. The number of benzene rings is 2. The second-order valence-corrected chi connectivity index (χ2v) is 7.73. The summed E-state index contributed by atoms with van der Waals surface area (Å²) >= 11 is 3.33. The van der Waals surface area contributed by atoms with Crippen LogP contribution in [-0.2, 0) is 10.1 Å². The second-order valence-electron chi connectivity index (χ2n) is 5.42. The van der Waals surface area contributed by atoms with Gasteiger partial charge in [-0.05, 0) is 43.2 Å². The zero-order chi connectivity index (χ0) is 18.7. The monoisotopic (exact) mass is 435 g/mol. The van der Waals surface area contributed by atoms with E-state index in [1.54, 1.807) is 30.3 Å². The first-order valence-electron chi connectivity index (χ1n) is 7.53. The van der Waals surface area contributed by atoms with Crippen LogP contribution in [0.15, 0.2) is 60.3 Å². The van der Waals surface area contributed by atoms with Crippen molar-refractivity contribution in [2.24, 2.45) is 26.4 Å². The van der Waals surface area contributed by atoms with E-state index < -0.39 is 10.1 Å². The van der Waals surface area contributed by atoms with Gasteiger partial charge in [-0.3, -0.25) is 4.55 Å². The van der Waals surface area contributed by atoms with Crippen molar-refractivity contribution >= 4 is 55.3 Å². The van der Waals surface area contributed by atoms with Crippen LogP contribution in [0.3, 0.4) is 0 Å². The van der Waals surface area contributed by atoms with Crippen LogP contribution in [0.5, 0.6) is 0 Å². The molecule has 0 fully saturated rings. The number of azo groups is 1. The Balaban J connectivity index is 2.26. The third kappa shape index (κ3) is 3.87. The molecule has 2 aromatic carbocycles. The van der Waals surface area contributed by atoms with Crippen molar-refractivity contribution in [1.29, 1.82) is 0 Å². The molecule has 0 atom stereocenters. The normalized spacial score (nSPS) is 14.2. The molecule has 3 rings (SSSR count). The van der Waals surface area contributed by atoms with Gasteiger partial charge in [-0.15, -0.1) is 10.2 Å². The van der Waals surface area contributed by atoms with Gasteiger partial charge in [-0.2, -0.15) is 13.5 Å². The molecule has 0 saturated carbocycles. The lowest BCUT2D eigenvalue weighted by molar-refractivity contribution is 0.482. The summed E-state index contributed by atoms with van der Waals surface area (Å²) in [4.78, 5) is -0.246. The summed E-state index contributed by atoms with van der Waals surface area (Å²) in [6.07, 6.45) is 4.88. The lowest BCUT2D eigenvalue weighted by atomic mass is 10.1. The lowest BCUT2D eigenvalue weighted by Crippen LogP contribution is -2.32. The summed E-state index contributed by atoms with van der Waals surface area (Å²) < 4.78 is 34.1. The SMILES string of the molecule is NN=Nc1c(/N=N/c2ccc(Br)cc2)cc(S(=O)(=O)O)c2c1=CCCC=2. The maximum Gasteiger partial charge on any atom is 0.295 e. The Kier molecular flexibility index (Phi) is 5.25. The Labute approximate surface area is 157 Å². The van der Waals surface area contributed by atoms with E-state index in [0.717, 1.165) is 4.47 Å². The molecule has 3 N–H and O–H groups in total. The second kappa shape index (κ2) is 7.44. The molecular weight excluding hydrogens is 422 g/mol. The van der Waals surface area contributed by atoms with E-state index in [0.29, 0.717) is 34.7 Å². The van der Waals surface area contributed by atoms with Crippen LogP contribution in [0, 0.1) is 0 Å². The van der Waals surface area contributed by atoms with Gasteiger partial charge in [0.05, 0.1) is 5.69 Å². The fourth-order valence-corrected chi connectivity index (χ4v) is 3.61. The number of nitrogens with zero attached hydrogens (tertiary/aromatic N) is 4. The molecular formula is C16H14BrN5O3S. The average molecular weight is 436 g/mol. The first-order valence-corrected chi connectivity index (χ1v) is 9.76. The molecule has 0 heterocycles. The first-order chi connectivity index (χ1) is 12.4. The van der Waals surface area contributed by atoms with Crippen molar-refractivity contribution in [2.75, 3.05) is 0 Å². The average Bonchev–Trinajstić information content (AvgIpc) is 2.61. The first kappa shape index (κ1) is 18.4. The van der Waals surface area contributed by atoms with E-state index in [4.69, 9.17) is 5.84 Å². The zero-order valence-corrected chi connectivity index (χ0v) is 15.8. The number of fused-ring (bicyclic) bond motifs is 1. The highest BCUT2D eigenvalue weighted by molar-refractivity contribution is 9.10. The number of nitrogens with two attached hydrogens (primary N) is 1. The van der Waals surface area contributed by atoms with Gasteiger partial charge in [-0.25, -0.2) is 0 Å². The maximum atomic E-state index is 11.8. The third-order valence-corrected chi connectivity index (χ3v) is 5.14. The largest absolute Gasteiger partial charge is 0.305 e. The highest BCUT2D eigenvalue weighted by Crippen LogP contribution is 2.28. The minimum Gasteiger partial charge on any atom is -0.305 e. The molecule has 0 spiro atoms. The summed E-state index contributed by atoms with van der Waals surface area (Å²) in [6.45, 7) is 0. The van der Waals surface area contributed by atoms with Crippen LogP contribution in [-0.4, -0.2) is 13.0 Å². The van der Waals surface area contributed by atoms with Gasteiger partial charge in [0, 0.05) is 14.9 Å². The molecule has 1 aliphatic rings. The van der Waals surface area contributed by atoms with E-state index in [9.17, 15) is 13.0 Å². The molecule has 0 saturated heterocycles. The predicted octanol–water partition coefficient (Wildman–Crippen LogP) is 3.42. The lowest BCUT2D eigenvalue weighted by Gasteiger charge is -2.09. The Bertz CT molecular complexity index is 1130. The molecule has 0 aliphatic heterocycles. The minimum atomic E-state index is -4.45. The van der Waals surface area contributed by atoms with Gasteiger partial charge < -0.3 is 5.84 Å². The van der Waals surface area contributed by atoms with Gasteiger partial charge in [0.2, 0.25) is 0 Å². The molecule has 26 heavy (non-hydrogen) atoms. The molecule has 2 aromatic rings. The van der Waals surface area contributed by atoms with Gasteiger partial charge in [0.1, 0.15) is 16.3 Å². The van der Waals surface area contributed by atoms with Gasteiger partial charge in [-0.1, -0.05) is 33.3 Å². The fraction of sp³-hybridized carbons (Fsp3) is 0.125. The molecule has 8 nitrogen and oxygen atoms in total. The number of rotatable bonds is 4. The Hall–Kier alpha value is -2.43. The maximum absolute atomic E-state index is 11.8. The van der Waals surface area contributed by atoms with E-state index in [-0.39, 0.29) is 10.6 Å². The van der Waals surface area contributed by atoms with Crippen LogP contribution in [0.2, 0.25) is 0 Å². The number of hydrogen-bond donors (Lipinski definition) is 2. The van der Waals surface area contributed by atoms with Crippen molar-refractivity contribution in [2.45, 2.75) is 17.7 Å². The predicted molar refractivity (Wildman–Crippen MR) is 101 cm³/mol. The van der Waals surface area contributed by atoms with Gasteiger partial charge in [0.25, 0.3) is 10.1 Å². The fourth-order valence-electron chi connectivity index (χ4n) is 2.61. The van der Waals surface area contributed by atoms with Crippen LogP contribution in [0.4, 0.5) is 17.1 Å². The Morgan fingerprint density at radius 3 is 2.27 bits per heavy atom. The van der Waals surface area contributed by atoms with Crippen LogP contribution in [0.1, 0.15) is 12.8 Å². The Morgan fingerprint density at radius 1 is 1.00 bits per heavy atom. The van der Waals surface area contributed by atoms with Crippen LogP contribution < -0.4 is 16.3 Å². The summed E-state index contributed by atoms with van der Waals surface area (Å²) in [7, 11) is -4.45. The molecule has 1 aliphatic carbocycles. The minimum absolute atomic E-state index is 0.139. The topological polar surface area (TPSA) is 130 Å². The van der Waals surface area contributed by atoms with Crippen molar-refractivity contribution in [1.82, 2.24) is 0 Å². The molecule has 0 aromatic heterocycles. The van der Waals surface area contributed by atoms with Crippen molar-refractivity contribution in [3.8, 4) is 0 Å². The molecule has 0 amide bonds. The van der Waals surface area contributed by atoms with Crippen LogP contribution in [0.25, 0.3) is 12.2 Å². The molecule has 0 bridgehead atoms. The van der Waals surface area contributed by atoms with E-state index in [1.807, 2.05) is 6.08 Å². The molecule has 10 heteroatoms. The number of hydrogen-bond acceptors (Lipinski definition) is 6. The molecule has 134 valence electrons. The van der Waals surface area contributed by atoms with Gasteiger partial charge in [0.15, 0.2) is 0 Å². The van der Waals surface area contributed by atoms with Crippen LogP contribution >= 0.6 is 15.9 Å². The van der Waals surface area contributed by atoms with Crippen molar-refractivity contribution < 1.29 is 13.0 Å². The zero-order valence-electron chi connectivity index (χ0n) is 13.4. The summed E-state index contributed by atoms with van der Waals surface area (Å²) in [6, 6.07) is 8.29. The summed E-state index contributed by atoms with van der Waals surface area (Å²) in [5.74, 6) is 5.20. The quantitative estimate of drug-likeness (QED) is 0.329. The van der Waals surface area contributed by atoms with E-state index in [1.165, 1.54) is 6.07 Å². The third-order valence-electron chi connectivity index (χ3n) is 3.72. The highest BCUT2D eigenvalue weighted by Gasteiger charge is 2.19. The Morgan fingerprint density at radius 2 is 1.65 bits per heavy atom. The van der Waals surface area contributed by atoms with E-state index >= 15 is 0 Å². The van der Waals surface area contributed by atoms with Gasteiger partial charge >= 0.3 is 0 Å². The number of halogens is 1. The summed E-state index contributed by atoms with van der Waals surface area (Å²) in [5, 5.41) is 16.2. The highest BCUT2D eigenvalue weighted by atomic mass is 79.9. The van der Waals surface area contributed by atoms with Crippen molar-refractivity contribution in [3.63, 3.8) is 0 Å². The smallest absolute Gasteiger partial charge is 0.295 e. The van der Waals surface area contributed by atoms with Crippen molar-refractivity contribution in [3.05, 3.63) is 45.2 Å².